The topological polar surface area (TPSA) is 128 Å². The van der Waals surface area contributed by atoms with Gasteiger partial charge in [-0.3, -0.25) is 10.1 Å². The molecule has 1 aliphatic carbocycles. The number of nitrogens with two attached hydrogens (primary N) is 1. The van der Waals surface area contributed by atoms with Crippen molar-refractivity contribution in [2.75, 3.05) is 11.1 Å². The zero-order valence-corrected chi connectivity index (χ0v) is 17.9. The van der Waals surface area contributed by atoms with Crippen LogP contribution in [0.1, 0.15) is 51.0 Å². The number of ketones is 1. The number of nitriles is 1. The van der Waals surface area contributed by atoms with Gasteiger partial charge in [-0.1, -0.05) is 13.3 Å². The summed E-state index contributed by atoms with van der Waals surface area (Å²) in [5.41, 5.74) is 9.71. The molecule has 1 heterocycles. The SMILES string of the molecule is CCCC1CC(=O)C2=C(C1)NC(C)=C(C#N)C2c1cc(Br)c(N)c(NC(=O)O)c1. The third-order valence-corrected chi connectivity index (χ3v) is 6.11. The minimum absolute atomic E-state index is 0.0307. The number of dihydropyridines is 1. The average molecular weight is 459 g/mol. The second-order valence-corrected chi connectivity index (χ2v) is 8.34. The van der Waals surface area contributed by atoms with E-state index in [1.54, 1.807) is 12.1 Å². The summed E-state index contributed by atoms with van der Waals surface area (Å²) in [5, 5.41) is 24.5. The van der Waals surface area contributed by atoms with Gasteiger partial charge in [0.15, 0.2) is 5.78 Å². The number of hydrogen-bond acceptors (Lipinski definition) is 5. The van der Waals surface area contributed by atoms with Crippen LogP contribution < -0.4 is 16.4 Å². The Labute approximate surface area is 177 Å². The molecule has 8 heteroatoms. The summed E-state index contributed by atoms with van der Waals surface area (Å²) in [6, 6.07) is 5.59. The molecule has 2 aliphatic rings. The van der Waals surface area contributed by atoms with Gasteiger partial charge in [0.25, 0.3) is 0 Å². The molecule has 1 aromatic rings. The predicted octanol–water partition coefficient (Wildman–Crippen LogP) is 4.64. The number of rotatable bonds is 4. The van der Waals surface area contributed by atoms with Gasteiger partial charge in [0, 0.05) is 27.9 Å². The van der Waals surface area contributed by atoms with E-state index in [0.717, 1.165) is 25.0 Å². The van der Waals surface area contributed by atoms with Crippen molar-refractivity contribution in [2.24, 2.45) is 5.92 Å². The van der Waals surface area contributed by atoms with Crippen molar-refractivity contribution in [1.29, 1.82) is 5.26 Å². The number of carbonyl (C=O) groups excluding carboxylic acids is 1. The van der Waals surface area contributed by atoms with Crippen molar-refractivity contribution < 1.29 is 14.7 Å². The number of anilines is 2. The lowest BCUT2D eigenvalue weighted by atomic mass is 9.72. The number of nitrogens with zero attached hydrogens (tertiary/aromatic N) is 1. The summed E-state index contributed by atoms with van der Waals surface area (Å²) in [5.74, 6) is -0.237. The smallest absolute Gasteiger partial charge is 0.409 e. The Balaban J connectivity index is 2.16. The number of hydrogen-bond donors (Lipinski definition) is 4. The van der Waals surface area contributed by atoms with Crippen LogP contribution >= 0.6 is 15.9 Å². The van der Waals surface area contributed by atoms with E-state index in [2.05, 4.69) is 39.6 Å². The molecule has 0 saturated carbocycles. The Bertz CT molecular complexity index is 990. The molecule has 0 aromatic heterocycles. The normalized spacial score (nSPS) is 21.4. The maximum absolute atomic E-state index is 13.1. The summed E-state index contributed by atoms with van der Waals surface area (Å²) >= 11 is 3.37. The summed E-state index contributed by atoms with van der Waals surface area (Å²) in [7, 11) is 0. The second kappa shape index (κ2) is 8.29. The van der Waals surface area contributed by atoms with E-state index in [1.807, 2.05) is 6.92 Å². The summed E-state index contributed by atoms with van der Waals surface area (Å²) in [6.07, 6.45) is 1.96. The van der Waals surface area contributed by atoms with Gasteiger partial charge in [-0.25, -0.2) is 4.79 Å². The van der Waals surface area contributed by atoms with Gasteiger partial charge in [0.05, 0.1) is 28.9 Å². The number of benzene rings is 1. The lowest BCUT2D eigenvalue weighted by molar-refractivity contribution is -0.117. The minimum Gasteiger partial charge on any atom is -0.465 e. The Morgan fingerprint density at radius 2 is 2.17 bits per heavy atom. The first kappa shape index (κ1) is 20.9. The molecule has 29 heavy (non-hydrogen) atoms. The first-order valence-electron chi connectivity index (χ1n) is 9.49. The molecule has 0 spiro atoms. The molecular weight excluding hydrogens is 436 g/mol. The third-order valence-electron chi connectivity index (χ3n) is 5.46. The maximum Gasteiger partial charge on any atom is 0.409 e. The summed E-state index contributed by atoms with van der Waals surface area (Å²) in [6.45, 7) is 3.93. The maximum atomic E-state index is 13.1. The lowest BCUT2D eigenvalue weighted by Gasteiger charge is -2.35. The number of Topliss-reactive ketones (excluding diaryl/α,β-unsaturated/α-hetero) is 1. The van der Waals surface area contributed by atoms with Gasteiger partial charge >= 0.3 is 6.09 Å². The monoisotopic (exact) mass is 458 g/mol. The van der Waals surface area contributed by atoms with Crippen LogP contribution in [0.25, 0.3) is 0 Å². The van der Waals surface area contributed by atoms with Crippen molar-refractivity contribution >= 4 is 39.2 Å². The molecule has 3 rings (SSSR count). The van der Waals surface area contributed by atoms with Gasteiger partial charge < -0.3 is 16.2 Å². The fraction of sp³-hybridized carbons (Fsp3) is 0.381. The van der Waals surface area contributed by atoms with Crippen LogP contribution in [0.5, 0.6) is 0 Å². The molecule has 152 valence electrons. The Kier molecular flexibility index (Phi) is 5.99. The molecule has 1 amide bonds. The first-order chi connectivity index (χ1) is 13.8. The largest absolute Gasteiger partial charge is 0.465 e. The van der Waals surface area contributed by atoms with Crippen LogP contribution in [-0.4, -0.2) is 17.0 Å². The quantitative estimate of drug-likeness (QED) is 0.486. The zero-order chi connectivity index (χ0) is 21.3. The predicted molar refractivity (Wildman–Crippen MR) is 114 cm³/mol. The van der Waals surface area contributed by atoms with E-state index in [0.29, 0.717) is 39.2 Å². The molecule has 0 saturated heterocycles. The highest BCUT2D eigenvalue weighted by Crippen LogP contribution is 2.45. The van der Waals surface area contributed by atoms with Crippen LogP contribution in [0.4, 0.5) is 16.2 Å². The molecular formula is C21H23BrN4O3. The standard InChI is InChI=1S/C21H23BrN4O3/c1-3-4-11-5-15-19(17(27)6-11)18(13(9-23)10(2)25-15)12-7-14(22)20(24)16(8-12)26-21(28)29/h7-8,11,18,25-26H,3-6,24H2,1-2H3,(H,28,29). The third kappa shape index (κ3) is 4.01. The highest BCUT2D eigenvalue weighted by atomic mass is 79.9. The average Bonchev–Trinajstić information content (AvgIpc) is 2.64. The van der Waals surface area contributed by atoms with Crippen LogP contribution in [0.3, 0.4) is 0 Å². The molecule has 7 nitrogen and oxygen atoms in total. The fourth-order valence-corrected chi connectivity index (χ4v) is 4.72. The summed E-state index contributed by atoms with van der Waals surface area (Å²) in [4.78, 5) is 24.3. The Morgan fingerprint density at radius 3 is 2.79 bits per heavy atom. The number of allylic oxidation sites excluding steroid dienone is 4. The molecule has 2 atom stereocenters. The zero-order valence-electron chi connectivity index (χ0n) is 16.3. The van der Waals surface area contributed by atoms with E-state index < -0.39 is 12.0 Å². The number of nitrogen functional groups attached to an aromatic ring is 1. The van der Waals surface area contributed by atoms with Gasteiger partial charge in [0.2, 0.25) is 0 Å². The second-order valence-electron chi connectivity index (χ2n) is 7.48. The first-order valence-corrected chi connectivity index (χ1v) is 10.3. The van der Waals surface area contributed by atoms with Crippen LogP contribution in [-0.2, 0) is 4.79 Å². The molecule has 1 aliphatic heterocycles. The highest BCUT2D eigenvalue weighted by Gasteiger charge is 2.38. The van der Waals surface area contributed by atoms with Crippen LogP contribution in [0.15, 0.2) is 39.1 Å². The van der Waals surface area contributed by atoms with Crippen molar-refractivity contribution in [2.45, 2.75) is 45.4 Å². The van der Waals surface area contributed by atoms with Crippen molar-refractivity contribution in [3.05, 3.63) is 44.7 Å². The molecule has 1 aromatic carbocycles. The number of carboxylic acid groups (broad SMARTS) is 1. The van der Waals surface area contributed by atoms with E-state index in [1.165, 1.54) is 0 Å². The van der Waals surface area contributed by atoms with Crippen molar-refractivity contribution in [1.82, 2.24) is 5.32 Å². The summed E-state index contributed by atoms with van der Waals surface area (Å²) < 4.78 is 0.501. The van der Waals surface area contributed by atoms with E-state index >= 15 is 0 Å². The molecule has 0 radical (unpaired) electrons. The van der Waals surface area contributed by atoms with Crippen LogP contribution in [0, 0.1) is 17.2 Å². The molecule has 2 unspecified atom stereocenters. The van der Waals surface area contributed by atoms with Gasteiger partial charge in [-0.2, -0.15) is 5.26 Å². The van der Waals surface area contributed by atoms with Crippen LogP contribution in [0.2, 0.25) is 0 Å². The van der Waals surface area contributed by atoms with Crippen molar-refractivity contribution in [3.63, 3.8) is 0 Å². The highest BCUT2D eigenvalue weighted by molar-refractivity contribution is 9.10. The number of carbonyl (C=O) groups is 2. The Morgan fingerprint density at radius 1 is 1.45 bits per heavy atom. The minimum atomic E-state index is -1.24. The fourth-order valence-electron chi connectivity index (χ4n) is 4.24. The molecule has 0 bridgehead atoms. The van der Waals surface area contributed by atoms with Gasteiger partial charge in [-0.05, 0) is 59.3 Å². The lowest BCUT2D eigenvalue weighted by Crippen LogP contribution is -2.34. The van der Waals surface area contributed by atoms with Crippen molar-refractivity contribution in [3.8, 4) is 6.07 Å². The van der Waals surface area contributed by atoms with Gasteiger partial charge in [-0.15, -0.1) is 0 Å². The van der Waals surface area contributed by atoms with E-state index in [9.17, 15) is 14.9 Å². The van der Waals surface area contributed by atoms with E-state index in [-0.39, 0.29) is 17.2 Å². The number of amides is 1. The number of halogens is 1. The Hall–Kier alpha value is -2.79. The number of nitrogens with one attached hydrogen (secondary N) is 2. The van der Waals surface area contributed by atoms with E-state index in [4.69, 9.17) is 10.8 Å². The van der Waals surface area contributed by atoms with Gasteiger partial charge in [0.1, 0.15) is 0 Å². The molecule has 5 N–H and O–H groups in total. The molecule has 0 fully saturated rings.